The van der Waals surface area contributed by atoms with Crippen molar-refractivity contribution in [2.75, 3.05) is 36.2 Å². The maximum Gasteiger partial charge on any atom is 0.255 e. The van der Waals surface area contributed by atoms with Crippen molar-refractivity contribution in [3.8, 4) is 17.1 Å². The van der Waals surface area contributed by atoms with Crippen molar-refractivity contribution in [2.24, 2.45) is 0 Å². The predicted molar refractivity (Wildman–Crippen MR) is 145 cm³/mol. The number of allylic oxidation sites excluding steroid dienone is 1. The molecule has 0 fully saturated rings. The largest absolute Gasteiger partial charge is 0.494 e. The van der Waals surface area contributed by atoms with Crippen LogP contribution in [0.1, 0.15) is 25.5 Å². The van der Waals surface area contributed by atoms with Crippen molar-refractivity contribution in [3.05, 3.63) is 89.9 Å². The molecule has 1 aliphatic heterocycles. The summed E-state index contributed by atoms with van der Waals surface area (Å²) < 4.78 is 7.73. The van der Waals surface area contributed by atoms with Crippen LogP contribution in [0.4, 0.5) is 17.3 Å². The highest BCUT2D eigenvalue weighted by atomic mass is 16.5. The number of benzene rings is 2. The summed E-state index contributed by atoms with van der Waals surface area (Å²) >= 11 is 0. The Balaban J connectivity index is 1.61. The molecule has 1 amide bonds. The number of aromatic nitrogens is 4. The van der Waals surface area contributed by atoms with Gasteiger partial charge in [-0.3, -0.25) is 9.78 Å². The number of carbonyl (C=O) groups excluding carboxylic acids is 1. The van der Waals surface area contributed by atoms with Gasteiger partial charge in [0, 0.05) is 42.8 Å². The average molecular weight is 496 g/mol. The molecule has 2 aromatic carbocycles. The van der Waals surface area contributed by atoms with Crippen LogP contribution in [-0.4, -0.2) is 46.4 Å². The molecule has 4 aromatic rings. The Hall–Kier alpha value is -4.66. The molecule has 2 aromatic heterocycles. The van der Waals surface area contributed by atoms with Crippen molar-refractivity contribution < 1.29 is 9.53 Å². The summed E-state index contributed by atoms with van der Waals surface area (Å²) in [4.78, 5) is 24.6. The number of fused-ring (bicyclic) bond motifs is 1. The van der Waals surface area contributed by atoms with E-state index < -0.39 is 6.04 Å². The fourth-order valence-electron chi connectivity index (χ4n) is 4.39. The van der Waals surface area contributed by atoms with E-state index in [1.54, 1.807) is 29.2 Å². The molecule has 0 bridgehead atoms. The van der Waals surface area contributed by atoms with E-state index in [1.165, 1.54) is 0 Å². The van der Waals surface area contributed by atoms with E-state index in [2.05, 4.69) is 15.6 Å². The van der Waals surface area contributed by atoms with Gasteiger partial charge in [0.15, 0.2) is 5.82 Å². The van der Waals surface area contributed by atoms with Gasteiger partial charge < -0.3 is 20.3 Å². The third kappa shape index (κ3) is 4.75. The van der Waals surface area contributed by atoms with E-state index in [1.807, 2.05) is 81.4 Å². The molecule has 188 valence electrons. The van der Waals surface area contributed by atoms with Gasteiger partial charge in [-0.15, -0.1) is 5.10 Å². The summed E-state index contributed by atoms with van der Waals surface area (Å²) in [5.74, 6) is 1.55. The van der Waals surface area contributed by atoms with Crippen molar-refractivity contribution >= 4 is 23.2 Å². The molecule has 0 spiro atoms. The minimum absolute atomic E-state index is 0.257. The number of carbonyl (C=O) groups is 1. The second-order valence-electron chi connectivity index (χ2n) is 8.88. The van der Waals surface area contributed by atoms with Crippen LogP contribution in [-0.2, 0) is 4.79 Å². The molecule has 1 aliphatic rings. The summed E-state index contributed by atoms with van der Waals surface area (Å²) in [5, 5.41) is 11.1. The van der Waals surface area contributed by atoms with Crippen LogP contribution in [0.2, 0.25) is 0 Å². The van der Waals surface area contributed by atoms with Gasteiger partial charge in [-0.25, -0.2) is 4.68 Å². The van der Waals surface area contributed by atoms with Crippen LogP contribution in [0, 0.1) is 0 Å². The Morgan fingerprint density at radius 2 is 1.89 bits per heavy atom. The SMILES string of the molecule is CCOc1ccccc1C1C(C(=O)Nc2cccnc2)=C(C)Nc2nc(-c3ccc(N(C)C)cc3)nn21. The van der Waals surface area contributed by atoms with Crippen LogP contribution in [0.15, 0.2) is 84.3 Å². The van der Waals surface area contributed by atoms with Crippen LogP contribution in [0.25, 0.3) is 11.4 Å². The van der Waals surface area contributed by atoms with Crippen LogP contribution in [0.3, 0.4) is 0 Å². The highest BCUT2D eigenvalue weighted by Gasteiger charge is 2.36. The Labute approximate surface area is 215 Å². The van der Waals surface area contributed by atoms with Crippen LogP contribution >= 0.6 is 0 Å². The maximum atomic E-state index is 13.7. The molecule has 3 heterocycles. The molecular formula is C28H29N7O2. The Morgan fingerprint density at radius 1 is 1.11 bits per heavy atom. The van der Waals surface area contributed by atoms with E-state index in [9.17, 15) is 4.79 Å². The summed E-state index contributed by atoms with van der Waals surface area (Å²) in [5.41, 5.74) is 4.60. The lowest BCUT2D eigenvalue weighted by Gasteiger charge is -2.29. The molecule has 0 aliphatic carbocycles. The molecule has 9 nitrogen and oxygen atoms in total. The van der Waals surface area contributed by atoms with Crippen LogP contribution in [0.5, 0.6) is 5.75 Å². The van der Waals surface area contributed by atoms with Gasteiger partial charge in [0.1, 0.15) is 11.8 Å². The fraction of sp³-hybridized carbons (Fsp3) is 0.214. The smallest absolute Gasteiger partial charge is 0.255 e. The topological polar surface area (TPSA) is 97.2 Å². The van der Waals surface area contributed by atoms with Crippen molar-refractivity contribution in [1.29, 1.82) is 0 Å². The molecule has 0 saturated heterocycles. The number of nitrogens with one attached hydrogen (secondary N) is 2. The first-order chi connectivity index (χ1) is 18.0. The average Bonchev–Trinajstić information content (AvgIpc) is 3.32. The molecule has 5 rings (SSSR count). The zero-order valence-corrected chi connectivity index (χ0v) is 21.3. The molecule has 1 unspecified atom stereocenters. The van der Waals surface area contributed by atoms with E-state index in [0.717, 1.165) is 16.8 Å². The monoisotopic (exact) mass is 495 g/mol. The van der Waals surface area contributed by atoms with E-state index in [-0.39, 0.29) is 5.91 Å². The van der Waals surface area contributed by atoms with Gasteiger partial charge in [-0.1, -0.05) is 18.2 Å². The number of nitrogens with zero attached hydrogens (tertiary/aromatic N) is 5. The standard InChI is InChI=1S/C28H29N7O2/c1-5-37-23-11-7-6-10-22(23)25-24(27(36)31-20-9-8-16-29-17-20)18(2)30-28-32-26(33-35(25)28)19-12-14-21(15-13-19)34(3)4/h6-17,25H,5H2,1-4H3,(H,31,36)(H,30,32,33). The van der Waals surface area contributed by atoms with Gasteiger partial charge >= 0.3 is 0 Å². The number of pyridine rings is 1. The van der Waals surface area contributed by atoms with Gasteiger partial charge in [-0.2, -0.15) is 4.98 Å². The Bertz CT molecular complexity index is 1440. The van der Waals surface area contributed by atoms with Crippen molar-refractivity contribution in [2.45, 2.75) is 19.9 Å². The lowest BCUT2D eigenvalue weighted by Crippen LogP contribution is -2.31. The number of anilines is 3. The number of rotatable bonds is 7. The minimum Gasteiger partial charge on any atom is -0.494 e. The fourth-order valence-corrected chi connectivity index (χ4v) is 4.39. The second kappa shape index (κ2) is 10.1. The third-order valence-corrected chi connectivity index (χ3v) is 6.17. The first kappa shape index (κ1) is 24.1. The van der Waals surface area contributed by atoms with Crippen LogP contribution < -0.4 is 20.3 Å². The molecule has 0 saturated carbocycles. The van der Waals surface area contributed by atoms with Gasteiger partial charge in [0.25, 0.3) is 5.91 Å². The normalized spacial score (nSPS) is 14.5. The van der Waals surface area contributed by atoms with Gasteiger partial charge in [0.05, 0.1) is 24.1 Å². The zero-order chi connectivity index (χ0) is 25.9. The number of para-hydroxylation sites is 1. The number of amides is 1. The van der Waals surface area contributed by atoms with E-state index in [0.29, 0.717) is 41.1 Å². The summed E-state index contributed by atoms with van der Waals surface area (Å²) in [7, 11) is 4.00. The van der Waals surface area contributed by atoms with Crippen molar-refractivity contribution in [3.63, 3.8) is 0 Å². The Kier molecular flexibility index (Phi) is 6.59. The highest BCUT2D eigenvalue weighted by Crippen LogP contribution is 2.40. The predicted octanol–water partition coefficient (Wildman–Crippen LogP) is 4.73. The van der Waals surface area contributed by atoms with Gasteiger partial charge in [0.2, 0.25) is 5.95 Å². The molecule has 1 atom stereocenters. The molecule has 2 N–H and O–H groups in total. The van der Waals surface area contributed by atoms with Crippen molar-refractivity contribution in [1.82, 2.24) is 19.7 Å². The second-order valence-corrected chi connectivity index (χ2v) is 8.88. The highest BCUT2D eigenvalue weighted by molar-refractivity contribution is 6.06. The Morgan fingerprint density at radius 3 is 2.59 bits per heavy atom. The third-order valence-electron chi connectivity index (χ3n) is 6.17. The molecule has 9 heteroatoms. The lowest BCUT2D eigenvalue weighted by atomic mass is 9.94. The van der Waals surface area contributed by atoms with Gasteiger partial charge in [-0.05, 0) is 56.3 Å². The quantitative estimate of drug-likeness (QED) is 0.382. The zero-order valence-electron chi connectivity index (χ0n) is 21.3. The lowest BCUT2D eigenvalue weighted by molar-refractivity contribution is -0.113. The molecular weight excluding hydrogens is 466 g/mol. The number of hydrogen-bond donors (Lipinski definition) is 2. The summed E-state index contributed by atoms with van der Waals surface area (Å²) in [6, 6.07) is 18.8. The summed E-state index contributed by atoms with van der Waals surface area (Å²) in [6.45, 7) is 4.31. The maximum absolute atomic E-state index is 13.7. The molecule has 37 heavy (non-hydrogen) atoms. The molecule has 0 radical (unpaired) electrons. The first-order valence-electron chi connectivity index (χ1n) is 12.1. The first-order valence-corrected chi connectivity index (χ1v) is 12.1. The minimum atomic E-state index is -0.557. The van der Waals surface area contributed by atoms with E-state index in [4.69, 9.17) is 14.8 Å². The summed E-state index contributed by atoms with van der Waals surface area (Å²) in [6.07, 6.45) is 3.28. The number of hydrogen-bond acceptors (Lipinski definition) is 7. The number of ether oxygens (including phenoxy) is 1. The van der Waals surface area contributed by atoms with E-state index >= 15 is 0 Å².